The molecular weight excluding hydrogens is 480 g/mol. The first-order valence-corrected chi connectivity index (χ1v) is 13.5. The van der Waals surface area contributed by atoms with E-state index in [0.29, 0.717) is 0 Å². The normalized spacial score (nSPS) is 17.5. The molecule has 8 heteroatoms. The van der Waals surface area contributed by atoms with Crippen LogP contribution in [0.25, 0.3) is 43.9 Å². The van der Waals surface area contributed by atoms with Crippen LogP contribution in [-0.2, 0) is 24.8 Å². The number of aromatic nitrogens is 4. The average Bonchev–Trinajstić information content (AvgIpc) is 3.66. The van der Waals surface area contributed by atoms with Crippen molar-refractivity contribution in [3.8, 4) is 33.0 Å². The zero-order valence-electron chi connectivity index (χ0n) is 21.2. The number of nitrogens with zero attached hydrogens (tertiary/aromatic N) is 5. The van der Waals surface area contributed by atoms with Crippen molar-refractivity contribution in [1.82, 2.24) is 29.8 Å². The number of carbonyl (C=O) groups is 1. The monoisotopic (exact) mass is 508 g/mol. The van der Waals surface area contributed by atoms with Gasteiger partial charge in [-0.2, -0.15) is 10.2 Å². The second kappa shape index (κ2) is 8.39. The number of likely N-dealkylation sites (N-methyl/N-ethyl adjacent to an activating group) is 1. The summed E-state index contributed by atoms with van der Waals surface area (Å²) in [6, 6.07) is 17.5. The van der Waals surface area contributed by atoms with Gasteiger partial charge in [0.15, 0.2) is 0 Å². The highest BCUT2D eigenvalue weighted by molar-refractivity contribution is 7.16. The van der Waals surface area contributed by atoms with Gasteiger partial charge in [-0.1, -0.05) is 36.4 Å². The number of nitrogens with one attached hydrogen (secondary N) is 1. The molecule has 7 nitrogen and oxygen atoms in total. The van der Waals surface area contributed by atoms with Crippen LogP contribution < -0.4 is 0 Å². The van der Waals surface area contributed by atoms with E-state index in [4.69, 9.17) is 5.10 Å². The summed E-state index contributed by atoms with van der Waals surface area (Å²) in [4.78, 5) is 19.1. The van der Waals surface area contributed by atoms with Crippen molar-refractivity contribution in [2.45, 2.75) is 25.9 Å². The van der Waals surface area contributed by atoms with Crippen molar-refractivity contribution in [1.29, 1.82) is 0 Å². The molecule has 1 aliphatic carbocycles. The number of rotatable bonds is 4. The van der Waals surface area contributed by atoms with Gasteiger partial charge in [-0.05, 0) is 30.2 Å². The minimum atomic E-state index is -0.0711. The predicted molar refractivity (Wildman–Crippen MR) is 147 cm³/mol. The van der Waals surface area contributed by atoms with Crippen LogP contribution in [0.15, 0.2) is 54.7 Å². The maximum absolute atomic E-state index is 12.3. The Balaban J connectivity index is 1.12. The van der Waals surface area contributed by atoms with E-state index in [1.54, 1.807) is 0 Å². The van der Waals surface area contributed by atoms with Crippen LogP contribution in [0.1, 0.15) is 22.9 Å². The van der Waals surface area contributed by atoms with E-state index in [0.717, 1.165) is 53.9 Å². The molecule has 1 saturated heterocycles. The SMILES string of the molecule is CC1C(=O)N(C)CCN1Cc1ccc(-c2cc3c(s2)Cc2c(-c4ccc5cnn(C)c5c4)n[nH]c2-3)cc1. The van der Waals surface area contributed by atoms with E-state index in [1.807, 2.05) is 48.1 Å². The molecule has 1 N–H and O–H groups in total. The molecule has 0 saturated carbocycles. The van der Waals surface area contributed by atoms with E-state index in [9.17, 15) is 4.79 Å². The largest absolute Gasteiger partial charge is 0.343 e. The van der Waals surface area contributed by atoms with Gasteiger partial charge in [0.2, 0.25) is 5.91 Å². The number of thiophene rings is 1. The number of amides is 1. The van der Waals surface area contributed by atoms with Crippen LogP contribution in [0.2, 0.25) is 0 Å². The molecule has 2 aliphatic rings. The quantitative estimate of drug-likeness (QED) is 0.367. The minimum Gasteiger partial charge on any atom is -0.343 e. The minimum absolute atomic E-state index is 0.0711. The number of aryl methyl sites for hydroxylation is 1. The van der Waals surface area contributed by atoms with Gasteiger partial charge < -0.3 is 4.90 Å². The third kappa shape index (κ3) is 3.62. The van der Waals surface area contributed by atoms with Crippen LogP contribution in [0, 0.1) is 0 Å². The molecule has 0 radical (unpaired) electrons. The van der Waals surface area contributed by atoms with Crippen molar-refractivity contribution < 1.29 is 4.79 Å². The Bertz CT molecular complexity index is 1660. The van der Waals surface area contributed by atoms with Crippen LogP contribution in [0.3, 0.4) is 0 Å². The van der Waals surface area contributed by atoms with Crippen molar-refractivity contribution in [2.24, 2.45) is 7.05 Å². The molecule has 0 bridgehead atoms. The third-order valence-corrected chi connectivity index (χ3v) is 9.12. The number of aromatic amines is 1. The first kappa shape index (κ1) is 22.4. The lowest BCUT2D eigenvalue weighted by Crippen LogP contribution is -2.53. The predicted octanol–water partition coefficient (Wildman–Crippen LogP) is 4.93. The van der Waals surface area contributed by atoms with Crippen LogP contribution in [0.4, 0.5) is 0 Å². The number of fused-ring (bicyclic) bond motifs is 4. The smallest absolute Gasteiger partial charge is 0.239 e. The topological polar surface area (TPSA) is 70.1 Å². The third-order valence-electron chi connectivity index (χ3n) is 7.93. The highest BCUT2D eigenvalue weighted by Gasteiger charge is 2.30. The first-order chi connectivity index (χ1) is 18.0. The number of carbonyl (C=O) groups excluding carboxylic acids is 1. The summed E-state index contributed by atoms with van der Waals surface area (Å²) in [6.07, 6.45) is 2.80. The van der Waals surface area contributed by atoms with Crippen LogP contribution in [0.5, 0.6) is 0 Å². The fourth-order valence-electron chi connectivity index (χ4n) is 5.65. The molecule has 1 amide bonds. The highest BCUT2D eigenvalue weighted by Crippen LogP contribution is 2.46. The molecule has 1 unspecified atom stereocenters. The van der Waals surface area contributed by atoms with Crippen molar-refractivity contribution in [3.63, 3.8) is 0 Å². The molecule has 186 valence electrons. The van der Waals surface area contributed by atoms with Crippen molar-refractivity contribution in [2.75, 3.05) is 20.1 Å². The number of hydrogen-bond donors (Lipinski definition) is 1. The molecule has 7 rings (SSSR count). The molecular formula is C29H28N6OS. The van der Waals surface area contributed by atoms with Gasteiger partial charge in [-0.3, -0.25) is 19.5 Å². The summed E-state index contributed by atoms with van der Waals surface area (Å²) in [5, 5.41) is 13.5. The molecule has 0 spiro atoms. The van der Waals surface area contributed by atoms with Gasteiger partial charge in [-0.15, -0.1) is 11.3 Å². The Kier molecular flexibility index (Phi) is 5.09. The fraction of sp³-hybridized carbons (Fsp3) is 0.276. The van der Waals surface area contributed by atoms with Gasteiger partial charge >= 0.3 is 0 Å². The second-order valence-electron chi connectivity index (χ2n) is 10.2. The number of H-pyrrole nitrogens is 1. The zero-order chi connectivity index (χ0) is 25.3. The van der Waals surface area contributed by atoms with Gasteiger partial charge in [0.1, 0.15) is 0 Å². The Morgan fingerprint density at radius 2 is 1.86 bits per heavy atom. The lowest BCUT2D eigenvalue weighted by Gasteiger charge is -2.37. The molecule has 5 aromatic rings. The molecule has 1 aliphatic heterocycles. The second-order valence-corrected chi connectivity index (χ2v) is 11.3. The first-order valence-electron chi connectivity index (χ1n) is 12.7. The van der Waals surface area contributed by atoms with E-state index in [2.05, 4.69) is 63.6 Å². The molecule has 1 fully saturated rings. The average molecular weight is 509 g/mol. The summed E-state index contributed by atoms with van der Waals surface area (Å²) >= 11 is 1.87. The van der Waals surface area contributed by atoms with Gasteiger partial charge in [0.05, 0.1) is 29.1 Å². The van der Waals surface area contributed by atoms with Crippen LogP contribution in [-0.4, -0.2) is 61.9 Å². The number of piperazine rings is 1. The zero-order valence-corrected chi connectivity index (χ0v) is 22.0. The summed E-state index contributed by atoms with van der Waals surface area (Å²) in [7, 11) is 3.86. The molecule has 2 aromatic carbocycles. The van der Waals surface area contributed by atoms with Gasteiger partial charge in [-0.25, -0.2) is 0 Å². The standard InChI is InChI=1S/C29H28N6OS/c1-17-29(36)33(2)10-11-35(17)16-18-4-6-19(7-5-18)25-13-22-26(37-25)14-23-27(31-32-28(22)23)20-8-9-21-15-30-34(3)24(21)12-20/h4-9,12-13,15,17H,10-11,14,16H2,1-3H3,(H,31,32). The number of benzene rings is 2. The summed E-state index contributed by atoms with van der Waals surface area (Å²) in [6.45, 7) is 4.50. The van der Waals surface area contributed by atoms with E-state index < -0.39 is 0 Å². The van der Waals surface area contributed by atoms with E-state index in [1.165, 1.54) is 32.0 Å². The summed E-state index contributed by atoms with van der Waals surface area (Å²) < 4.78 is 1.91. The van der Waals surface area contributed by atoms with E-state index in [-0.39, 0.29) is 11.9 Å². The lowest BCUT2D eigenvalue weighted by molar-refractivity contribution is -0.139. The summed E-state index contributed by atoms with van der Waals surface area (Å²) in [5.41, 5.74) is 9.42. The van der Waals surface area contributed by atoms with E-state index >= 15 is 0 Å². The highest BCUT2D eigenvalue weighted by atomic mass is 32.1. The molecule has 1 atom stereocenters. The Morgan fingerprint density at radius 1 is 1.05 bits per heavy atom. The molecule has 37 heavy (non-hydrogen) atoms. The maximum atomic E-state index is 12.3. The number of hydrogen-bond acceptors (Lipinski definition) is 5. The van der Waals surface area contributed by atoms with Crippen LogP contribution >= 0.6 is 11.3 Å². The van der Waals surface area contributed by atoms with Crippen molar-refractivity contribution >= 4 is 28.1 Å². The van der Waals surface area contributed by atoms with Gasteiger partial charge in [0, 0.05) is 72.0 Å². The molecule has 4 heterocycles. The lowest BCUT2D eigenvalue weighted by atomic mass is 10.0. The Hall–Kier alpha value is -3.75. The Labute approximate surface area is 219 Å². The van der Waals surface area contributed by atoms with Gasteiger partial charge in [0.25, 0.3) is 0 Å². The van der Waals surface area contributed by atoms with Crippen molar-refractivity contribution in [3.05, 3.63) is 70.7 Å². The summed E-state index contributed by atoms with van der Waals surface area (Å²) in [5.74, 6) is 0.204. The fourth-order valence-corrected chi connectivity index (χ4v) is 6.83. The Morgan fingerprint density at radius 3 is 2.70 bits per heavy atom. The molecule has 3 aromatic heterocycles. The maximum Gasteiger partial charge on any atom is 0.239 e.